The molecule has 0 radical (unpaired) electrons. The standard InChI is InChI=1S/C23H28N6O4S.C22H27N5O2S.C19H23N5O2S.C18H22N6O2S.C17H23N5O2S/c1-16-15-33-10-7-29(16)21-13-20(27-34(32)11-8-28(9-12-34)22(31)14-30)25-23(26-21)18-5-6-24-19-4-2-3-17(18)19;1-16-15-29-11-10-27(16)21-14-20(26-30(28)12-3-2-4-13-30)24-22(25-21)18-8-9-23-19-7-5-6-17(18)19;1-14-13-26-11-10-23(14)18-12-17(22-27(2,3)25)20-19(21-18)16-8-4-6-15-7-5-9-24(15)16;1-12-10-26-8-7-24(12)16-9-15(23-27(2,3)25)21-18(22-16)17-13-5-4-6-14(13)19-11-20-17;1-12-9-14(5-6-18-12)17-19-15(21-25(3,4)23)10-16(20-17)22-7-8-24-11-13(22)2/h2-3,5-6,13,16,30H,4,7-12,14-15H2,1H3;5-6,8-9,14,16H,2-4,7,10-13,15H2,1H3;4-9,12,14H,10-11,13H2,1-3H3;4-5,9,11-12H,6-8,10H2,1-3H3;5-6,9-10,13H,7-8,11H2,1-4H3/t2*16-;14-;12-;13-/m11111/s1. The Kier molecular flexibility index (Phi) is 32.2. The smallest absolute Gasteiger partial charge is 0.248 e. The van der Waals surface area contributed by atoms with E-state index in [1.54, 1.807) is 68.1 Å². The summed E-state index contributed by atoms with van der Waals surface area (Å²) in [6.45, 7) is 22.6. The Morgan fingerprint density at radius 2 is 0.804 bits per heavy atom. The lowest BCUT2D eigenvalue weighted by molar-refractivity contribution is -0.133. The van der Waals surface area contributed by atoms with E-state index in [-0.39, 0.29) is 47.6 Å². The molecule has 7 aliphatic heterocycles. The highest BCUT2D eigenvalue weighted by Crippen LogP contribution is 2.39. The van der Waals surface area contributed by atoms with Crippen LogP contribution in [0.5, 0.6) is 0 Å². The number of amides is 1. The number of fused-ring (bicyclic) bond motifs is 4. The first-order chi connectivity index (χ1) is 68.7. The van der Waals surface area contributed by atoms with Crippen molar-refractivity contribution in [1.82, 2.24) is 84.1 Å². The monoisotopic (exact) mass is 2040 g/mol. The molecule has 7 fully saturated rings. The Hall–Kier alpha value is -12.1. The van der Waals surface area contributed by atoms with Crippen molar-refractivity contribution in [2.75, 3.05) is 204 Å². The first kappa shape index (κ1) is 102. The molecule has 1 amide bonds. The van der Waals surface area contributed by atoms with Crippen LogP contribution in [0.15, 0.2) is 156 Å². The second-order valence-electron chi connectivity index (χ2n) is 37.3. The van der Waals surface area contributed by atoms with Crippen LogP contribution in [0.25, 0.3) is 80.9 Å². The topological polar surface area (TPSA) is 448 Å². The molecule has 18 heterocycles. The van der Waals surface area contributed by atoms with Crippen molar-refractivity contribution in [2.24, 2.45) is 21.8 Å². The summed E-state index contributed by atoms with van der Waals surface area (Å²) in [4.78, 5) is 93.4. The fourth-order valence-corrected chi connectivity index (χ4v) is 23.7. The molecule has 0 unspecified atom stereocenters. The van der Waals surface area contributed by atoms with Crippen LogP contribution < -0.4 is 24.5 Å². The van der Waals surface area contributed by atoms with Gasteiger partial charge in [0.1, 0.15) is 47.7 Å². The number of carbonyl (C=O) groups excluding carboxylic acids is 1. The number of morpholine rings is 5. The third kappa shape index (κ3) is 26.0. The minimum Gasteiger partial charge on any atom is -0.387 e. The number of aliphatic hydroxyl groups is 1. The zero-order valence-corrected chi connectivity index (χ0v) is 86.8. The largest absolute Gasteiger partial charge is 0.387 e. The lowest BCUT2D eigenvalue weighted by atomic mass is 10.1. The number of aliphatic hydroxyl groups excluding tert-OH is 1. The zero-order chi connectivity index (χ0) is 100. The number of nitrogens with zero attached hydrogens (tertiary/aromatic N) is 27. The van der Waals surface area contributed by atoms with E-state index in [1.807, 2.05) is 109 Å². The van der Waals surface area contributed by atoms with Crippen LogP contribution in [-0.2, 0) is 96.4 Å². The number of aromatic nitrogens is 16. The number of aryl methyl sites for hydroxylation is 1. The Labute approximate surface area is 836 Å². The van der Waals surface area contributed by atoms with E-state index in [9.17, 15) is 25.8 Å². The number of allylic oxidation sites excluding steroid dienone is 3. The van der Waals surface area contributed by atoms with Crippen molar-refractivity contribution in [1.29, 1.82) is 0 Å². The number of hydrogen-bond acceptors (Lipinski definition) is 37. The molecule has 7 saturated heterocycles. The second-order valence-corrected chi connectivity index (χ2v) is 50.1. The Morgan fingerprint density at radius 3 is 1.24 bits per heavy atom. The maximum absolute atomic E-state index is 13.5. The molecule has 5 atom stereocenters. The van der Waals surface area contributed by atoms with E-state index in [2.05, 4.69) is 135 Å². The second kappa shape index (κ2) is 45.0. The molecule has 3 aliphatic carbocycles. The summed E-state index contributed by atoms with van der Waals surface area (Å²) in [5.74, 6) is 10.2. The Balaban J connectivity index is 0.000000123. The first-order valence-corrected chi connectivity index (χ1v) is 58.7. The van der Waals surface area contributed by atoms with E-state index in [1.165, 1.54) is 11.2 Å². The van der Waals surface area contributed by atoms with Crippen LogP contribution in [0.2, 0.25) is 0 Å². The van der Waals surface area contributed by atoms with Gasteiger partial charge in [0.05, 0.1) is 139 Å². The van der Waals surface area contributed by atoms with Gasteiger partial charge in [-0.2, -0.15) is 21.8 Å². The molecule has 756 valence electrons. The van der Waals surface area contributed by atoms with Gasteiger partial charge in [0.25, 0.3) is 0 Å². The fraction of sp³-hybridized carbons (Fsp3) is 0.455. The van der Waals surface area contributed by atoms with Crippen molar-refractivity contribution in [3.63, 3.8) is 0 Å². The van der Waals surface area contributed by atoms with Crippen molar-refractivity contribution >= 4 is 136 Å². The molecule has 44 heteroatoms. The molecule has 21 rings (SSSR count). The number of carbonyl (C=O) groups is 1. The Bertz CT molecular complexity index is 7320. The zero-order valence-electron chi connectivity index (χ0n) is 82.7. The molecule has 11 aromatic heterocycles. The van der Waals surface area contributed by atoms with Crippen molar-refractivity contribution in [2.45, 2.75) is 110 Å². The highest BCUT2D eigenvalue weighted by molar-refractivity contribution is 7.94. The molecule has 0 saturated carbocycles. The van der Waals surface area contributed by atoms with Gasteiger partial charge in [-0.1, -0.05) is 48.9 Å². The molecule has 0 bridgehead atoms. The highest BCUT2D eigenvalue weighted by Gasteiger charge is 2.33. The number of ether oxygens (including phenoxy) is 5. The van der Waals surface area contributed by atoms with Gasteiger partial charge in [-0.3, -0.25) is 19.7 Å². The van der Waals surface area contributed by atoms with Crippen molar-refractivity contribution < 1.29 is 54.6 Å². The average molecular weight is 2040 g/mol. The molecular formula is C99H123N27O12S5. The predicted octanol–water partition coefficient (Wildman–Crippen LogP) is 12.4. The third-order valence-electron chi connectivity index (χ3n) is 25.1. The molecule has 0 aromatic carbocycles. The fourth-order valence-electron chi connectivity index (χ4n) is 18.1. The highest BCUT2D eigenvalue weighted by atomic mass is 32.2. The number of pyridine rings is 4. The van der Waals surface area contributed by atoms with Gasteiger partial charge >= 0.3 is 0 Å². The van der Waals surface area contributed by atoms with E-state index < -0.39 is 55.3 Å². The van der Waals surface area contributed by atoms with Crippen LogP contribution in [0.4, 0.5) is 58.2 Å². The lowest BCUT2D eigenvalue weighted by Crippen LogP contribution is -2.44. The summed E-state index contributed by atoms with van der Waals surface area (Å²) in [6, 6.07) is 27.7. The maximum Gasteiger partial charge on any atom is 0.248 e. The van der Waals surface area contributed by atoms with Gasteiger partial charge in [-0.15, -0.1) is 0 Å². The van der Waals surface area contributed by atoms with Gasteiger partial charge in [-0.25, -0.2) is 80.9 Å². The minimum absolute atomic E-state index is 0.133. The summed E-state index contributed by atoms with van der Waals surface area (Å²) in [7, 11) is -11.9. The van der Waals surface area contributed by atoms with Crippen LogP contribution in [0.1, 0.15) is 93.3 Å². The summed E-state index contributed by atoms with van der Waals surface area (Å²) in [6.07, 6.45) is 36.2. The molecule has 10 aliphatic rings. The van der Waals surface area contributed by atoms with Gasteiger partial charge in [0.15, 0.2) is 58.2 Å². The molecule has 143 heavy (non-hydrogen) atoms. The summed E-state index contributed by atoms with van der Waals surface area (Å²) < 4.78 is 116. The van der Waals surface area contributed by atoms with Crippen LogP contribution >= 0.6 is 0 Å². The lowest BCUT2D eigenvalue weighted by Gasteiger charge is -2.34. The van der Waals surface area contributed by atoms with Crippen molar-refractivity contribution in [3.8, 4) is 57.2 Å². The van der Waals surface area contributed by atoms with E-state index in [4.69, 9.17) is 68.0 Å². The van der Waals surface area contributed by atoms with Gasteiger partial charge < -0.3 is 62.6 Å². The van der Waals surface area contributed by atoms with Gasteiger partial charge in [0, 0.05) is 255 Å². The molecule has 39 nitrogen and oxygen atoms in total. The quantitative estimate of drug-likeness (QED) is 0.0938. The van der Waals surface area contributed by atoms with E-state index >= 15 is 0 Å². The normalized spacial score (nSPS) is 20.1. The van der Waals surface area contributed by atoms with Gasteiger partial charge in [-0.05, 0) is 103 Å². The molecule has 1 N–H and O–H groups in total. The summed E-state index contributed by atoms with van der Waals surface area (Å²) in [5, 5.41) is 9.11. The Morgan fingerprint density at radius 1 is 0.420 bits per heavy atom. The maximum atomic E-state index is 13.5. The van der Waals surface area contributed by atoms with Crippen LogP contribution in [-0.4, -0.2) is 325 Å². The average Bonchev–Trinajstić information content (AvgIpc) is 1.77. The molecular weight excluding hydrogens is 1920 g/mol. The predicted molar refractivity (Wildman–Crippen MR) is 562 cm³/mol. The molecule has 11 aromatic rings. The number of anilines is 5. The summed E-state index contributed by atoms with van der Waals surface area (Å²) >= 11 is 0. The third-order valence-corrected chi connectivity index (χ3v) is 31.5. The summed E-state index contributed by atoms with van der Waals surface area (Å²) in [5.41, 5.74) is 12.2. The van der Waals surface area contributed by atoms with Gasteiger partial charge in [0.2, 0.25) is 5.91 Å². The van der Waals surface area contributed by atoms with Crippen molar-refractivity contribution in [3.05, 3.63) is 174 Å². The molecule has 0 spiro atoms. The number of hydrogen-bond donors (Lipinski definition) is 1. The SMILES string of the molecule is C[C@@H]1COCCN1c1cc(N=S(C)(C)=O)nc(-c2cccc3cccn23)n1.C[C@@H]1COCCN1c1cc(N=S(C)(C)=O)nc(-c2ncnc3c2C=CC3)n1.C[C@@H]1COCCN1c1cc(N=S2(=O)CCCCC2)nc(-c2ccnc3c2C=CC3)n1.C[C@@H]1COCCN1c1cc(N=S2(=O)CCN(C(=O)CO)CC2)nc(-c2ccnc3c2C=CC3)n1.Cc1cc(-c2nc(N=S(C)(C)=O)cc(N3CCOC[C@H]3C)n2)ccn1. The number of rotatable bonds is 16. The minimum atomic E-state index is -2.60. The first-order valence-electron chi connectivity index (χ1n) is 48.0. The van der Waals surface area contributed by atoms with E-state index in [0.717, 1.165) is 161 Å². The van der Waals surface area contributed by atoms with Crippen LogP contribution in [0.3, 0.4) is 0 Å². The van der Waals surface area contributed by atoms with E-state index in [0.29, 0.717) is 161 Å². The van der Waals surface area contributed by atoms with Crippen LogP contribution in [0, 0.1) is 6.92 Å².